The summed E-state index contributed by atoms with van der Waals surface area (Å²) in [6, 6.07) is 13.2. The van der Waals surface area contributed by atoms with E-state index in [-0.39, 0.29) is 12.3 Å². The highest BCUT2D eigenvalue weighted by Gasteiger charge is 2.13. The minimum absolute atomic E-state index is 0.0784. The number of rotatable bonds is 5. The number of thiazole rings is 1. The molecule has 4 rings (SSSR count). The number of hydrogen-bond donors (Lipinski definition) is 1. The molecule has 0 radical (unpaired) electrons. The van der Waals surface area contributed by atoms with Gasteiger partial charge in [-0.15, -0.1) is 21.5 Å². The monoisotopic (exact) mass is 376 g/mol. The molecular weight excluding hydrogens is 364 g/mol. The van der Waals surface area contributed by atoms with E-state index in [2.05, 4.69) is 20.2 Å². The van der Waals surface area contributed by atoms with Gasteiger partial charge in [0.15, 0.2) is 0 Å². The van der Waals surface area contributed by atoms with Gasteiger partial charge in [0.25, 0.3) is 0 Å². The molecule has 3 aromatic heterocycles. The van der Waals surface area contributed by atoms with Gasteiger partial charge < -0.3 is 10.2 Å². The molecule has 0 fully saturated rings. The van der Waals surface area contributed by atoms with Crippen molar-refractivity contribution in [2.45, 2.75) is 12.8 Å². The smallest absolute Gasteiger partial charge is 0.226 e. The van der Waals surface area contributed by atoms with Gasteiger partial charge in [0.05, 0.1) is 22.3 Å². The zero-order valence-corrected chi connectivity index (χ0v) is 14.7. The highest BCUT2D eigenvalue weighted by atomic mass is 32.1. The zero-order valence-electron chi connectivity index (χ0n) is 13.9. The Morgan fingerprint density at radius 3 is 2.85 bits per heavy atom. The van der Waals surface area contributed by atoms with E-state index in [0.29, 0.717) is 18.0 Å². The molecule has 1 amide bonds. The summed E-state index contributed by atoms with van der Waals surface area (Å²) in [5.41, 5.74) is 8.00. The molecular formula is C18H12N6O2S. The standard InChI is InChI=1S/C18H12N6O2S/c19-9-11-2-1-3-12(21-11)10-4-5-13-14(6-10)27-18(22-13)8-17-24-23-16(26-17)7-15(20)25/h1-6H,7-8H2,(H2,20,25). The summed E-state index contributed by atoms with van der Waals surface area (Å²) < 4.78 is 6.41. The molecule has 4 aromatic rings. The van der Waals surface area contributed by atoms with Crippen LogP contribution < -0.4 is 5.73 Å². The van der Waals surface area contributed by atoms with Gasteiger partial charge in [0.2, 0.25) is 17.7 Å². The molecule has 0 aliphatic carbocycles. The van der Waals surface area contributed by atoms with Crippen LogP contribution in [0, 0.1) is 11.3 Å². The molecule has 0 atom stereocenters. The van der Waals surface area contributed by atoms with Crippen molar-refractivity contribution < 1.29 is 9.21 Å². The number of pyridine rings is 1. The van der Waals surface area contributed by atoms with E-state index in [1.807, 2.05) is 36.4 Å². The van der Waals surface area contributed by atoms with Crippen molar-refractivity contribution in [2.75, 3.05) is 0 Å². The van der Waals surface area contributed by atoms with E-state index in [1.54, 1.807) is 6.07 Å². The fraction of sp³-hybridized carbons (Fsp3) is 0.111. The molecule has 9 heteroatoms. The molecule has 0 bridgehead atoms. The number of amides is 1. The Bertz CT molecular complexity index is 1190. The van der Waals surface area contributed by atoms with Crippen LogP contribution in [0.25, 0.3) is 21.5 Å². The van der Waals surface area contributed by atoms with Crippen LogP contribution in [0.5, 0.6) is 0 Å². The predicted molar refractivity (Wildman–Crippen MR) is 97.6 cm³/mol. The second-order valence-electron chi connectivity index (χ2n) is 5.72. The van der Waals surface area contributed by atoms with E-state index in [1.165, 1.54) is 11.3 Å². The number of hydrogen-bond acceptors (Lipinski definition) is 8. The number of fused-ring (bicyclic) bond motifs is 1. The Morgan fingerprint density at radius 1 is 1.19 bits per heavy atom. The highest BCUT2D eigenvalue weighted by Crippen LogP contribution is 2.28. The van der Waals surface area contributed by atoms with Crippen LogP contribution in [0.15, 0.2) is 40.8 Å². The number of nitrogens with two attached hydrogens (primary N) is 1. The normalized spacial score (nSPS) is 10.8. The minimum Gasteiger partial charge on any atom is -0.424 e. The van der Waals surface area contributed by atoms with E-state index in [4.69, 9.17) is 15.4 Å². The third kappa shape index (κ3) is 3.65. The van der Waals surface area contributed by atoms with Crippen molar-refractivity contribution in [2.24, 2.45) is 5.73 Å². The third-order valence-electron chi connectivity index (χ3n) is 3.73. The molecule has 1 aromatic carbocycles. The zero-order chi connectivity index (χ0) is 18.8. The second kappa shape index (κ2) is 6.93. The number of nitriles is 1. The number of carbonyl (C=O) groups is 1. The quantitative estimate of drug-likeness (QED) is 0.565. The summed E-state index contributed by atoms with van der Waals surface area (Å²) in [5.74, 6) is 0.0602. The van der Waals surface area contributed by atoms with Gasteiger partial charge in [0.1, 0.15) is 23.2 Å². The maximum Gasteiger partial charge on any atom is 0.226 e. The molecule has 0 aliphatic heterocycles. The number of carbonyl (C=O) groups excluding carboxylic acids is 1. The Kier molecular flexibility index (Phi) is 4.32. The maximum absolute atomic E-state index is 10.9. The summed E-state index contributed by atoms with van der Waals surface area (Å²) >= 11 is 1.51. The van der Waals surface area contributed by atoms with Crippen LogP contribution in [-0.4, -0.2) is 26.1 Å². The number of aromatic nitrogens is 4. The number of primary amides is 1. The molecule has 132 valence electrons. The SMILES string of the molecule is N#Cc1cccc(-c2ccc3nc(Cc4nnc(CC(N)=O)o4)sc3c2)n1. The number of benzene rings is 1. The first-order valence-corrected chi connectivity index (χ1v) is 8.79. The first-order chi connectivity index (χ1) is 13.1. The van der Waals surface area contributed by atoms with E-state index in [0.717, 1.165) is 26.5 Å². The first-order valence-electron chi connectivity index (χ1n) is 7.97. The van der Waals surface area contributed by atoms with Gasteiger partial charge in [-0.2, -0.15) is 5.26 Å². The van der Waals surface area contributed by atoms with Crippen molar-refractivity contribution in [3.63, 3.8) is 0 Å². The molecule has 0 aliphatic rings. The maximum atomic E-state index is 10.9. The lowest BCUT2D eigenvalue weighted by Gasteiger charge is -2.00. The van der Waals surface area contributed by atoms with Gasteiger partial charge in [-0.05, 0) is 24.3 Å². The average molecular weight is 376 g/mol. The summed E-state index contributed by atoms with van der Waals surface area (Å²) in [6.07, 6.45) is 0.299. The van der Waals surface area contributed by atoms with Gasteiger partial charge in [-0.3, -0.25) is 4.79 Å². The van der Waals surface area contributed by atoms with Crippen LogP contribution in [0.1, 0.15) is 22.5 Å². The van der Waals surface area contributed by atoms with E-state index >= 15 is 0 Å². The summed E-state index contributed by atoms with van der Waals surface area (Å²) in [4.78, 5) is 19.8. The van der Waals surface area contributed by atoms with Crippen molar-refractivity contribution in [3.05, 3.63) is 58.9 Å². The molecule has 0 saturated heterocycles. The first kappa shape index (κ1) is 16.8. The van der Waals surface area contributed by atoms with Crippen LogP contribution in [0.2, 0.25) is 0 Å². The fourth-order valence-corrected chi connectivity index (χ4v) is 3.57. The lowest BCUT2D eigenvalue weighted by atomic mass is 10.1. The van der Waals surface area contributed by atoms with Crippen molar-refractivity contribution >= 4 is 27.5 Å². The van der Waals surface area contributed by atoms with Crippen molar-refractivity contribution in [1.29, 1.82) is 5.26 Å². The molecule has 2 N–H and O–H groups in total. The van der Waals surface area contributed by atoms with Gasteiger partial charge in [-0.1, -0.05) is 12.1 Å². The lowest BCUT2D eigenvalue weighted by molar-refractivity contribution is -0.117. The largest absolute Gasteiger partial charge is 0.424 e. The fourth-order valence-electron chi connectivity index (χ4n) is 2.57. The van der Waals surface area contributed by atoms with E-state index < -0.39 is 5.91 Å². The van der Waals surface area contributed by atoms with Crippen LogP contribution in [0.3, 0.4) is 0 Å². The molecule has 0 unspecified atom stereocenters. The Labute approximate surface area is 157 Å². The van der Waals surface area contributed by atoms with Crippen LogP contribution >= 0.6 is 11.3 Å². The van der Waals surface area contributed by atoms with Crippen LogP contribution in [0.4, 0.5) is 0 Å². The summed E-state index contributed by atoms with van der Waals surface area (Å²) in [6.45, 7) is 0. The number of nitrogens with zero attached hydrogens (tertiary/aromatic N) is 5. The topological polar surface area (TPSA) is 132 Å². The lowest BCUT2D eigenvalue weighted by Crippen LogP contribution is -2.13. The minimum atomic E-state index is -0.521. The second-order valence-corrected chi connectivity index (χ2v) is 6.83. The van der Waals surface area contributed by atoms with Gasteiger partial charge in [-0.25, -0.2) is 9.97 Å². The molecule has 3 heterocycles. The van der Waals surface area contributed by atoms with E-state index in [9.17, 15) is 4.79 Å². The molecule has 0 saturated carbocycles. The summed E-state index contributed by atoms with van der Waals surface area (Å²) in [5, 5.41) is 17.5. The van der Waals surface area contributed by atoms with Crippen LogP contribution in [-0.2, 0) is 17.6 Å². The molecule has 0 spiro atoms. The third-order valence-corrected chi connectivity index (χ3v) is 4.75. The Morgan fingerprint density at radius 2 is 2.04 bits per heavy atom. The average Bonchev–Trinajstić information content (AvgIpc) is 3.26. The Hall–Kier alpha value is -3.64. The van der Waals surface area contributed by atoms with Crippen molar-refractivity contribution in [1.82, 2.24) is 20.2 Å². The van der Waals surface area contributed by atoms with Crippen molar-refractivity contribution in [3.8, 4) is 17.3 Å². The summed E-state index contributed by atoms with van der Waals surface area (Å²) in [7, 11) is 0. The van der Waals surface area contributed by atoms with Gasteiger partial charge in [0, 0.05) is 5.56 Å². The predicted octanol–water partition coefficient (Wildman–Crippen LogP) is 2.23. The highest BCUT2D eigenvalue weighted by molar-refractivity contribution is 7.18. The molecule has 8 nitrogen and oxygen atoms in total. The molecule has 27 heavy (non-hydrogen) atoms. The Balaban J connectivity index is 1.60. The van der Waals surface area contributed by atoms with Gasteiger partial charge >= 0.3 is 0 Å².